The monoisotopic (exact) mass is 740 g/mol. The molecule has 3 heterocycles. The maximum atomic E-state index is 12.2. The van der Waals surface area contributed by atoms with Crippen LogP contribution < -0.4 is 9.47 Å². The number of benzene rings is 4. The van der Waals surface area contributed by atoms with Crippen LogP contribution in [0.5, 0.6) is 57.5 Å². The molecule has 53 heavy (non-hydrogen) atoms. The summed E-state index contributed by atoms with van der Waals surface area (Å²) in [5.41, 5.74) is -1.02. The van der Waals surface area contributed by atoms with Crippen molar-refractivity contribution in [1.82, 2.24) is 0 Å². The van der Waals surface area contributed by atoms with Gasteiger partial charge in [0, 0.05) is 35.2 Å². The SMILES string of the molecule is OC[C@@H]1O[C@@H](c2c(O)cc3c(c2O)[C@@H](c2c(O)cc(O)c4c2O[C@H](c2ccc(O)c(O)c2)[C@H](O)C4)[C@@H](O)[C@@H](c2ccc(O)c(O)c2)O3)[C@H](O)[C@@H](O)[C@@H]1O. The third-order valence-corrected chi connectivity index (χ3v) is 10.1. The Hall–Kier alpha value is -5.40. The summed E-state index contributed by atoms with van der Waals surface area (Å²) < 4.78 is 17.9. The van der Waals surface area contributed by atoms with Crippen molar-refractivity contribution in [1.29, 1.82) is 0 Å². The van der Waals surface area contributed by atoms with Crippen LogP contribution in [-0.2, 0) is 11.2 Å². The molecule has 0 bridgehead atoms. The molecule has 10 atom stereocenters. The van der Waals surface area contributed by atoms with Gasteiger partial charge in [-0.3, -0.25) is 0 Å². The minimum Gasteiger partial charge on any atom is -0.507 e. The Morgan fingerprint density at radius 1 is 0.528 bits per heavy atom. The Morgan fingerprint density at radius 3 is 1.74 bits per heavy atom. The first-order valence-corrected chi connectivity index (χ1v) is 16.3. The molecule has 0 aromatic heterocycles. The highest BCUT2D eigenvalue weighted by atomic mass is 16.5. The number of aliphatic hydroxyl groups excluding tert-OH is 6. The number of phenols is 8. The van der Waals surface area contributed by atoms with E-state index in [4.69, 9.17) is 14.2 Å². The van der Waals surface area contributed by atoms with E-state index in [9.17, 15) is 71.5 Å². The van der Waals surface area contributed by atoms with E-state index in [1.54, 1.807) is 0 Å². The van der Waals surface area contributed by atoms with E-state index in [1.807, 2.05) is 0 Å². The van der Waals surface area contributed by atoms with Crippen molar-refractivity contribution < 1.29 is 85.7 Å². The average Bonchev–Trinajstić information content (AvgIpc) is 3.11. The molecule has 17 heteroatoms. The molecule has 17 nitrogen and oxygen atoms in total. The van der Waals surface area contributed by atoms with Gasteiger partial charge in [-0.2, -0.15) is 0 Å². The number of aromatic hydroxyl groups is 8. The van der Waals surface area contributed by atoms with E-state index in [0.717, 1.165) is 36.4 Å². The molecule has 0 spiro atoms. The standard InChI is InChI=1S/C36H36O17/c37-10-23-28(46)31(49)32(50)36(52-23)25-20(44)9-22-26(29(25)47)27(30(48)34(51-22)12-2-4-15(39)18(42)6-12)24-19(43)8-16(40)13-7-21(45)33(53-35(13)24)11-1-3-14(38)17(41)5-11/h1-6,8-9,21,23,27-28,30-34,36-50H,7,10H2/t21-,23+,27-,28-,30-,31+,32-,33-,34-,36+/m1/s1. The van der Waals surface area contributed by atoms with Crippen molar-refractivity contribution >= 4 is 0 Å². The molecule has 0 saturated carbocycles. The van der Waals surface area contributed by atoms with Crippen LogP contribution in [0.4, 0.5) is 0 Å². The van der Waals surface area contributed by atoms with Crippen molar-refractivity contribution in [3.05, 3.63) is 81.9 Å². The lowest BCUT2D eigenvalue weighted by Gasteiger charge is -2.42. The van der Waals surface area contributed by atoms with Crippen molar-refractivity contribution in [3.8, 4) is 57.5 Å². The van der Waals surface area contributed by atoms with Gasteiger partial charge >= 0.3 is 0 Å². The Balaban J connectivity index is 1.46. The number of aliphatic hydroxyl groups is 6. The van der Waals surface area contributed by atoms with Crippen LogP contribution in [0.25, 0.3) is 0 Å². The molecular formula is C36H36O17. The van der Waals surface area contributed by atoms with Gasteiger partial charge in [0.1, 0.15) is 77.2 Å². The molecule has 0 amide bonds. The molecule has 0 radical (unpaired) electrons. The van der Waals surface area contributed by atoms with Gasteiger partial charge in [0.15, 0.2) is 29.1 Å². The maximum absolute atomic E-state index is 12.2. The van der Waals surface area contributed by atoms with Gasteiger partial charge < -0.3 is 85.7 Å². The predicted octanol–water partition coefficient (Wildman–Crippen LogP) is 0.510. The summed E-state index contributed by atoms with van der Waals surface area (Å²) in [5, 5.41) is 151. The van der Waals surface area contributed by atoms with Gasteiger partial charge in [-0.1, -0.05) is 12.1 Å². The predicted molar refractivity (Wildman–Crippen MR) is 176 cm³/mol. The smallest absolute Gasteiger partial charge is 0.157 e. The van der Waals surface area contributed by atoms with Crippen LogP contribution in [-0.4, -0.2) is 115 Å². The van der Waals surface area contributed by atoms with Gasteiger partial charge in [0.25, 0.3) is 0 Å². The molecule has 282 valence electrons. The van der Waals surface area contributed by atoms with Crippen molar-refractivity contribution in [2.24, 2.45) is 0 Å². The molecule has 0 unspecified atom stereocenters. The van der Waals surface area contributed by atoms with Crippen LogP contribution in [0.15, 0.2) is 48.5 Å². The second kappa shape index (κ2) is 13.2. The molecular weight excluding hydrogens is 704 g/mol. The number of hydrogen-bond donors (Lipinski definition) is 14. The second-order valence-corrected chi connectivity index (χ2v) is 13.3. The minimum absolute atomic E-state index is 0.0453. The summed E-state index contributed by atoms with van der Waals surface area (Å²) in [6, 6.07) is 9.03. The van der Waals surface area contributed by atoms with E-state index in [1.165, 1.54) is 12.1 Å². The topological polar surface area (TPSA) is 311 Å². The fraction of sp³-hybridized carbons (Fsp3) is 0.333. The van der Waals surface area contributed by atoms with Crippen LogP contribution >= 0.6 is 0 Å². The first-order chi connectivity index (χ1) is 25.1. The van der Waals surface area contributed by atoms with Crippen molar-refractivity contribution in [2.75, 3.05) is 6.61 Å². The number of fused-ring (bicyclic) bond motifs is 2. The van der Waals surface area contributed by atoms with Gasteiger partial charge in [0.05, 0.1) is 24.2 Å². The maximum Gasteiger partial charge on any atom is 0.157 e. The zero-order valence-electron chi connectivity index (χ0n) is 27.3. The Kier molecular flexibility index (Phi) is 8.98. The van der Waals surface area contributed by atoms with Gasteiger partial charge in [-0.25, -0.2) is 0 Å². The number of rotatable bonds is 5. The zero-order valence-corrected chi connectivity index (χ0v) is 27.3. The highest BCUT2D eigenvalue weighted by molar-refractivity contribution is 5.68. The summed E-state index contributed by atoms with van der Waals surface area (Å²) >= 11 is 0. The minimum atomic E-state index is -1.98. The van der Waals surface area contributed by atoms with Crippen LogP contribution in [0.2, 0.25) is 0 Å². The molecule has 3 aliphatic heterocycles. The molecule has 0 aliphatic carbocycles. The fourth-order valence-electron chi connectivity index (χ4n) is 7.38. The van der Waals surface area contributed by atoms with Crippen LogP contribution in [0.1, 0.15) is 57.6 Å². The molecule has 1 fully saturated rings. The molecule has 4 aromatic rings. The van der Waals surface area contributed by atoms with Crippen LogP contribution in [0.3, 0.4) is 0 Å². The summed E-state index contributed by atoms with van der Waals surface area (Å²) in [5.74, 6) is -7.22. The van der Waals surface area contributed by atoms with Gasteiger partial charge in [0.2, 0.25) is 0 Å². The lowest BCUT2D eigenvalue weighted by molar-refractivity contribution is -0.232. The largest absolute Gasteiger partial charge is 0.507 e. The van der Waals surface area contributed by atoms with E-state index in [-0.39, 0.29) is 45.7 Å². The second-order valence-electron chi connectivity index (χ2n) is 13.3. The summed E-state index contributed by atoms with van der Waals surface area (Å²) in [4.78, 5) is 0. The molecule has 3 aliphatic rings. The summed E-state index contributed by atoms with van der Waals surface area (Å²) in [6.07, 6.45) is -15.2. The number of hydrogen-bond acceptors (Lipinski definition) is 17. The van der Waals surface area contributed by atoms with E-state index >= 15 is 0 Å². The normalized spacial score (nSPS) is 29.4. The first kappa shape index (κ1) is 36.0. The lowest BCUT2D eigenvalue weighted by Crippen LogP contribution is -2.55. The van der Waals surface area contributed by atoms with E-state index < -0.39 is 119 Å². The van der Waals surface area contributed by atoms with E-state index in [0.29, 0.717) is 0 Å². The molecule has 14 N–H and O–H groups in total. The zero-order chi connectivity index (χ0) is 38.2. The Labute approximate surface area is 298 Å². The first-order valence-electron chi connectivity index (χ1n) is 16.3. The lowest BCUT2D eigenvalue weighted by atomic mass is 9.76. The summed E-state index contributed by atoms with van der Waals surface area (Å²) in [6.45, 7) is -0.837. The highest BCUT2D eigenvalue weighted by Gasteiger charge is 2.50. The van der Waals surface area contributed by atoms with Crippen LogP contribution in [0, 0.1) is 0 Å². The Morgan fingerprint density at radius 2 is 1.13 bits per heavy atom. The molecule has 1 saturated heterocycles. The number of ether oxygens (including phenoxy) is 3. The molecule has 7 rings (SSSR count). The molecule has 4 aromatic carbocycles. The highest BCUT2D eigenvalue weighted by Crippen LogP contribution is 2.59. The van der Waals surface area contributed by atoms with E-state index in [2.05, 4.69) is 0 Å². The fourth-order valence-corrected chi connectivity index (χ4v) is 7.38. The Bertz CT molecular complexity index is 2070. The van der Waals surface area contributed by atoms with Crippen molar-refractivity contribution in [2.45, 2.75) is 67.3 Å². The number of phenolic OH excluding ortho intramolecular Hbond substituents is 8. The summed E-state index contributed by atoms with van der Waals surface area (Å²) in [7, 11) is 0. The van der Waals surface area contributed by atoms with Crippen molar-refractivity contribution in [3.63, 3.8) is 0 Å². The third-order valence-electron chi connectivity index (χ3n) is 10.1. The van der Waals surface area contributed by atoms with Gasteiger partial charge in [-0.05, 0) is 35.4 Å². The van der Waals surface area contributed by atoms with Gasteiger partial charge in [-0.15, -0.1) is 0 Å². The average molecular weight is 741 g/mol. The third kappa shape index (κ3) is 5.78. The quantitative estimate of drug-likeness (QED) is 0.124.